The number of ether oxygens (including phenoxy) is 1. The van der Waals surface area contributed by atoms with Gasteiger partial charge in [-0.3, -0.25) is 4.79 Å². The highest BCUT2D eigenvalue weighted by molar-refractivity contribution is 5.95. The zero-order valence-corrected chi connectivity index (χ0v) is 11.8. The Morgan fingerprint density at radius 1 is 1.32 bits per heavy atom. The van der Waals surface area contributed by atoms with Crippen molar-refractivity contribution in [2.45, 2.75) is 45.2 Å². The lowest BCUT2D eigenvalue weighted by molar-refractivity contribution is 0.0510. The predicted octanol–water partition coefficient (Wildman–Crippen LogP) is 2.68. The molecule has 0 saturated carbocycles. The number of carbonyl (C=O) groups excluding carboxylic acids is 1. The molecule has 0 aliphatic carbocycles. The second-order valence-corrected chi connectivity index (χ2v) is 5.30. The first-order chi connectivity index (χ1) is 9.04. The van der Waals surface area contributed by atoms with Crippen molar-refractivity contribution in [1.82, 2.24) is 4.90 Å². The van der Waals surface area contributed by atoms with Gasteiger partial charge in [0.25, 0.3) is 5.91 Å². The summed E-state index contributed by atoms with van der Waals surface area (Å²) in [4.78, 5) is 14.6. The largest absolute Gasteiger partial charge is 0.495 e. The number of nitrogens with zero attached hydrogens (tertiary/aromatic N) is 1. The van der Waals surface area contributed by atoms with E-state index >= 15 is 0 Å². The fourth-order valence-corrected chi connectivity index (χ4v) is 2.81. The molecule has 0 bridgehead atoms. The number of carbonyl (C=O) groups is 1. The maximum atomic E-state index is 12.6. The summed E-state index contributed by atoms with van der Waals surface area (Å²) in [6, 6.07) is 5.81. The van der Waals surface area contributed by atoms with E-state index in [9.17, 15) is 4.79 Å². The standard InChI is InChI=1S/C15H22N2O2/c1-10-5-4-6-11(2)17(10)15(18)12-7-8-13(16)14(9-12)19-3/h7-11H,4-6,16H2,1-3H3. The number of rotatable bonds is 2. The van der Waals surface area contributed by atoms with E-state index in [-0.39, 0.29) is 5.91 Å². The lowest BCUT2D eigenvalue weighted by atomic mass is 9.96. The van der Waals surface area contributed by atoms with Crippen LogP contribution in [-0.4, -0.2) is 30.0 Å². The molecule has 4 nitrogen and oxygen atoms in total. The molecule has 1 aromatic rings. The third kappa shape index (κ3) is 2.67. The summed E-state index contributed by atoms with van der Waals surface area (Å²) in [6.45, 7) is 4.23. The number of nitrogens with two attached hydrogens (primary N) is 1. The van der Waals surface area contributed by atoms with Gasteiger partial charge in [0.15, 0.2) is 0 Å². The van der Waals surface area contributed by atoms with Gasteiger partial charge in [-0.15, -0.1) is 0 Å². The summed E-state index contributed by atoms with van der Waals surface area (Å²) >= 11 is 0. The van der Waals surface area contributed by atoms with Crippen molar-refractivity contribution in [3.63, 3.8) is 0 Å². The predicted molar refractivity (Wildman–Crippen MR) is 76.4 cm³/mol. The molecule has 1 saturated heterocycles. The van der Waals surface area contributed by atoms with E-state index in [1.54, 1.807) is 25.3 Å². The topological polar surface area (TPSA) is 55.6 Å². The highest BCUT2D eigenvalue weighted by atomic mass is 16.5. The SMILES string of the molecule is COc1cc(C(=O)N2C(C)CCCC2C)ccc1N. The molecule has 2 N–H and O–H groups in total. The normalized spacial score (nSPS) is 23.2. The van der Waals surface area contributed by atoms with Crippen LogP contribution >= 0.6 is 0 Å². The van der Waals surface area contributed by atoms with Gasteiger partial charge in [0.1, 0.15) is 5.75 Å². The van der Waals surface area contributed by atoms with Gasteiger partial charge in [-0.25, -0.2) is 0 Å². The number of likely N-dealkylation sites (tertiary alicyclic amines) is 1. The summed E-state index contributed by atoms with van der Waals surface area (Å²) in [5, 5.41) is 0. The van der Waals surface area contributed by atoms with E-state index in [0.717, 1.165) is 12.8 Å². The molecule has 4 heteroatoms. The van der Waals surface area contributed by atoms with Crippen molar-refractivity contribution in [3.05, 3.63) is 23.8 Å². The van der Waals surface area contributed by atoms with Crippen LogP contribution in [0.2, 0.25) is 0 Å². The van der Waals surface area contributed by atoms with Crippen LogP contribution in [0.1, 0.15) is 43.5 Å². The molecule has 0 spiro atoms. The van der Waals surface area contributed by atoms with Crippen LogP contribution in [0.5, 0.6) is 5.75 Å². The Kier molecular flexibility index (Phi) is 3.98. The van der Waals surface area contributed by atoms with E-state index in [1.165, 1.54) is 6.42 Å². The van der Waals surface area contributed by atoms with Crippen LogP contribution in [0.25, 0.3) is 0 Å². The lowest BCUT2D eigenvalue weighted by Gasteiger charge is -2.39. The average molecular weight is 262 g/mol. The highest BCUT2D eigenvalue weighted by Crippen LogP contribution is 2.27. The molecule has 2 atom stereocenters. The molecule has 0 aromatic heterocycles. The first kappa shape index (κ1) is 13.7. The number of piperidine rings is 1. The fourth-order valence-electron chi connectivity index (χ4n) is 2.81. The molecule has 0 radical (unpaired) electrons. The van der Waals surface area contributed by atoms with Crippen molar-refractivity contribution < 1.29 is 9.53 Å². The number of anilines is 1. The van der Waals surface area contributed by atoms with Gasteiger partial charge >= 0.3 is 0 Å². The number of nitrogen functional groups attached to an aromatic ring is 1. The van der Waals surface area contributed by atoms with Crippen LogP contribution in [0, 0.1) is 0 Å². The molecule has 104 valence electrons. The van der Waals surface area contributed by atoms with Gasteiger partial charge in [0.05, 0.1) is 12.8 Å². The Hall–Kier alpha value is -1.71. The summed E-state index contributed by atoms with van der Waals surface area (Å²) in [5.41, 5.74) is 6.98. The highest BCUT2D eigenvalue weighted by Gasteiger charge is 2.29. The van der Waals surface area contributed by atoms with E-state index in [4.69, 9.17) is 10.5 Å². The molecule has 1 amide bonds. The van der Waals surface area contributed by atoms with Gasteiger partial charge in [-0.2, -0.15) is 0 Å². The lowest BCUT2D eigenvalue weighted by Crippen LogP contribution is -2.47. The number of benzene rings is 1. The van der Waals surface area contributed by atoms with E-state index in [0.29, 0.717) is 29.1 Å². The van der Waals surface area contributed by atoms with Crippen LogP contribution in [0.4, 0.5) is 5.69 Å². The van der Waals surface area contributed by atoms with Gasteiger partial charge in [0, 0.05) is 17.6 Å². The molecule has 2 unspecified atom stereocenters. The van der Waals surface area contributed by atoms with Crippen molar-refractivity contribution in [2.75, 3.05) is 12.8 Å². The van der Waals surface area contributed by atoms with Gasteiger partial charge < -0.3 is 15.4 Å². The minimum Gasteiger partial charge on any atom is -0.495 e. The zero-order valence-electron chi connectivity index (χ0n) is 11.8. The van der Waals surface area contributed by atoms with Crippen LogP contribution in [-0.2, 0) is 0 Å². The summed E-state index contributed by atoms with van der Waals surface area (Å²) in [5.74, 6) is 0.626. The molecule has 1 aromatic carbocycles. The van der Waals surface area contributed by atoms with Gasteiger partial charge in [-0.1, -0.05) is 0 Å². The summed E-state index contributed by atoms with van der Waals surface area (Å²) in [7, 11) is 1.56. The summed E-state index contributed by atoms with van der Waals surface area (Å²) < 4.78 is 5.18. The minimum atomic E-state index is 0.0676. The molecule has 1 aliphatic rings. The van der Waals surface area contributed by atoms with Crippen LogP contribution < -0.4 is 10.5 Å². The smallest absolute Gasteiger partial charge is 0.254 e. The van der Waals surface area contributed by atoms with E-state index in [2.05, 4.69) is 13.8 Å². The Bertz CT molecular complexity index is 463. The molecule has 1 aliphatic heterocycles. The fraction of sp³-hybridized carbons (Fsp3) is 0.533. The van der Waals surface area contributed by atoms with Crippen molar-refractivity contribution >= 4 is 11.6 Å². The zero-order chi connectivity index (χ0) is 14.0. The van der Waals surface area contributed by atoms with Crippen molar-refractivity contribution in [1.29, 1.82) is 0 Å². The molecule has 1 fully saturated rings. The molecular formula is C15H22N2O2. The molecule has 1 heterocycles. The van der Waals surface area contributed by atoms with E-state index in [1.807, 2.05) is 4.90 Å². The van der Waals surface area contributed by atoms with Gasteiger partial charge in [-0.05, 0) is 51.3 Å². The molecular weight excluding hydrogens is 240 g/mol. The van der Waals surface area contributed by atoms with Crippen LogP contribution in [0.15, 0.2) is 18.2 Å². The maximum absolute atomic E-state index is 12.6. The number of methoxy groups -OCH3 is 1. The van der Waals surface area contributed by atoms with Crippen LogP contribution in [0.3, 0.4) is 0 Å². The molecule has 2 rings (SSSR count). The first-order valence-corrected chi connectivity index (χ1v) is 6.80. The van der Waals surface area contributed by atoms with Gasteiger partial charge in [0.2, 0.25) is 0 Å². The van der Waals surface area contributed by atoms with Crippen molar-refractivity contribution in [3.8, 4) is 5.75 Å². The second kappa shape index (κ2) is 5.51. The summed E-state index contributed by atoms with van der Waals surface area (Å²) in [6.07, 6.45) is 3.33. The first-order valence-electron chi connectivity index (χ1n) is 6.80. The Morgan fingerprint density at radius 3 is 2.53 bits per heavy atom. The third-order valence-electron chi connectivity index (χ3n) is 3.91. The maximum Gasteiger partial charge on any atom is 0.254 e. The number of amides is 1. The average Bonchev–Trinajstić information content (AvgIpc) is 2.39. The van der Waals surface area contributed by atoms with Crippen molar-refractivity contribution in [2.24, 2.45) is 0 Å². The quantitative estimate of drug-likeness (QED) is 0.834. The monoisotopic (exact) mass is 262 g/mol. The minimum absolute atomic E-state index is 0.0676. The Labute approximate surface area is 114 Å². The molecule has 19 heavy (non-hydrogen) atoms. The second-order valence-electron chi connectivity index (χ2n) is 5.30. The third-order valence-corrected chi connectivity index (χ3v) is 3.91. The Morgan fingerprint density at radius 2 is 1.95 bits per heavy atom. The number of hydrogen-bond acceptors (Lipinski definition) is 3. The number of hydrogen-bond donors (Lipinski definition) is 1. The Balaban J connectivity index is 2.27. The van der Waals surface area contributed by atoms with E-state index < -0.39 is 0 Å².